The van der Waals surface area contributed by atoms with Crippen molar-refractivity contribution in [1.82, 2.24) is 5.32 Å². The number of ether oxygens (including phenoxy) is 1. The Morgan fingerprint density at radius 3 is 2.62 bits per heavy atom. The Morgan fingerprint density at radius 2 is 1.95 bits per heavy atom. The molecule has 1 atom stereocenters. The van der Waals surface area contributed by atoms with E-state index in [0.29, 0.717) is 5.02 Å². The van der Waals surface area contributed by atoms with Gasteiger partial charge in [0.1, 0.15) is 5.75 Å². The molecule has 1 unspecified atom stereocenters. The number of nitrogens with one attached hydrogen (secondary N) is 1. The van der Waals surface area contributed by atoms with E-state index in [1.165, 1.54) is 11.1 Å². The Bertz CT molecular complexity index is 598. The van der Waals surface area contributed by atoms with Crippen LogP contribution in [-0.2, 0) is 6.42 Å². The molecule has 0 aliphatic rings. The minimum Gasteiger partial charge on any atom is -0.496 e. The summed E-state index contributed by atoms with van der Waals surface area (Å²) in [5.41, 5.74) is 3.69. The van der Waals surface area contributed by atoms with Gasteiger partial charge in [0.05, 0.1) is 13.2 Å². The average Bonchev–Trinajstić information content (AvgIpc) is 2.53. The van der Waals surface area contributed by atoms with Crippen LogP contribution in [0.3, 0.4) is 0 Å². The number of benzene rings is 2. The van der Waals surface area contributed by atoms with Crippen molar-refractivity contribution in [3.63, 3.8) is 0 Å². The van der Waals surface area contributed by atoms with Gasteiger partial charge in [-0.25, -0.2) is 0 Å². The monoisotopic (exact) mass is 303 g/mol. The number of aryl methyl sites for hydroxylation is 1. The highest BCUT2D eigenvalue weighted by molar-refractivity contribution is 6.30. The molecule has 112 valence electrons. The molecule has 0 fully saturated rings. The van der Waals surface area contributed by atoms with Gasteiger partial charge in [0.25, 0.3) is 0 Å². The minimum absolute atomic E-state index is 0.105. The summed E-state index contributed by atoms with van der Waals surface area (Å²) in [4.78, 5) is 0. The molecule has 0 aliphatic carbocycles. The van der Waals surface area contributed by atoms with Gasteiger partial charge < -0.3 is 10.1 Å². The Hall–Kier alpha value is -1.51. The van der Waals surface area contributed by atoms with Gasteiger partial charge in [-0.15, -0.1) is 0 Å². The molecule has 0 aliphatic heterocycles. The summed E-state index contributed by atoms with van der Waals surface area (Å²) in [5, 5.41) is 4.23. The van der Waals surface area contributed by atoms with Crippen LogP contribution in [0.15, 0.2) is 42.5 Å². The van der Waals surface area contributed by atoms with Gasteiger partial charge in [-0.3, -0.25) is 0 Å². The fraction of sp³-hybridized carbons (Fsp3) is 0.333. The number of hydrogen-bond acceptors (Lipinski definition) is 2. The Labute approximate surface area is 132 Å². The first-order valence-corrected chi connectivity index (χ1v) is 7.73. The fourth-order valence-electron chi connectivity index (χ4n) is 2.53. The molecule has 0 radical (unpaired) electrons. The number of halogens is 1. The highest BCUT2D eigenvalue weighted by Crippen LogP contribution is 2.32. The third-order valence-electron chi connectivity index (χ3n) is 3.61. The second-order valence-corrected chi connectivity index (χ2v) is 5.41. The maximum Gasteiger partial charge on any atom is 0.125 e. The van der Waals surface area contributed by atoms with Crippen LogP contribution in [0.5, 0.6) is 5.75 Å². The van der Waals surface area contributed by atoms with Crippen LogP contribution in [0.2, 0.25) is 5.02 Å². The summed E-state index contributed by atoms with van der Waals surface area (Å²) in [7, 11) is 1.68. The molecule has 2 rings (SSSR count). The van der Waals surface area contributed by atoms with Crippen LogP contribution in [0, 0.1) is 0 Å². The standard InChI is InChI=1S/C18H22ClNO/c1-4-13-7-6-8-14(11-13)18(20-5-2)16-10-9-15(19)12-17(16)21-3/h6-12,18,20H,4-5H2,1-3H3. The Balaban J connectivity index is 2.47. The quantitative estimate of drug-likeness (QED) is 0.841. The van der Waals surface area contributed by atoms with Gasteiger partial charge in [-0.1, -0.05) is 55.8 Å². The Kier molecular flexibility index (Phi) is 5.66. The van der Waals surface area contributed by atoms with Crippen LogP contribution in [0.1, 0.15) is 36.6 Å². The molecule has 0 bridgehead atoms. The summed E-state index contributed by atoms with van der Waals surface area (Å²) in [5.74, 6) is 0.815. The first kappa shape index (κ1) is 15.9. The largest absolute Gasteiger partial charge is 0.496 e. The minimum atomic E-state index is 0.105. The van der Waals surface area contributed by atoms with Gasteiger partial charge in [-0.2, -0.15) is 0 Å². The molecule has 0 saturated carbocycles. The summed E-state index contributed by atoms with van der Waals surface area (Å²) in [6, 6.07) is 14.6. The molecular weight excluding hydrogens is 282 g/mol. The van der Waals surface area contributed by atoms with Crippen molar-refractivity contribution in [3.8, 4) is 5.75 Å². The number of rotatable bonds is 6. The molecule has 0 heterocycles. The molecule has 0 saturated heterocycles. The van der Waals surface area contributed by atoms with Crippen LogP contribution in [0.25, 0.3) is 0 Å². The number of hydrogen-bond donors (Lipinski definition) is 1. The van der Waals surface area contributed by atoms with E-state index in [4.69, 9.17) is 16.3 Å². The first-order valence-electron chi connectivity index (χ1n) is 7.35. The van der Waals surface area contributed by atoms with Crippen molar-refractivity contribution in [3.05, 3.63) is 64.2 Å². The number of methoxy groups -OCH3 is 1. The second-order valence-electron chi connectivity index (χ2n) is 4.98. The van der Waals surface area contributed by atoms with Gasteiger partial charge in [-0.05, 0) is 36.2 Å². The molecule has 0 spiro atoms. The van der Waals surface area contributed by atoms with Gasteiger partial charge in [0.15, 0.2) is 0 Å². The van der Waals surface area contributed by atoms with E-state index >= 15 is 0 Å². The predicted molar refractivity (Wildman–Crippen MR) is 89.3 cm³/mol. The van der Waals surface area contributed by atoms with Crippen LogP contribution < -0.4 is 10.1 Å². The van der Waals surface area contributed by atoms with Gasteiger partial charge in [0, 0.05) is 10.6 Å². The lowest BCUT2D eigenvalue weighted by molar-refractivity contribution is 0.404. The lowest BCUT2D eigenvalue weighted by atomic mass is 9.95. The van der Waals surface area contributed by atoms with E-state index in [2.05, 4.69) is 43.4 Å². The average molecular weight is 304 g/mol. The smallest absolute Gasteiger partial charge is 0.125 e. The fourth-order valence-corrected chi connectivity index (χ4v) is 2.69. The molecule has 2 aromatic rings. The van der Waals surface area contributed by atoms with Crippen molar-refractivity contribution in [1.29, 1.82) is 0 Å². The normalized spacial score (nSPS) is 12.2. The maximum absolute atomic E-state index is 6.07. The maximum atomic E-state index is 6.07. The zero-order valence-corrected chi connectivity index (χ0v) is 13.6. The summed E-state index contributed by atoms with van der Waals surface area (Å²) in [6.07, 6.45) is 1.03. The van der Waals surface area contributed by atoms with E-state index in [-0.39, 0.29) is 6.04 Å². The topological polar surface area (TPSA) is 21.3 Å². The van der Waals surface area contributed by atoms with Crippen molar-refractivity contribution in [2.45, 2.75) is 26.3 Å². The molecule has 0 aromatic heterocycles. The van der Waals surface area contributed by atoms with Crippen LogP contribution in [0.4, 0.5) is 0 Å². The van der Waals surface area contributed by atoms with Crippen molar-refractivity contribution in [2.24, 2.45) is 0 Å². The van der Waals surface area contributed by atoms with E-state index in [1.807, 2.05) is 18.2 Å². The Morgan fingerprint density at radius 1 is 1.14 bits per heavy atom. The second kappa shape index (κ2) is 7.48. The zero-order chi connectivity index (χ0) is 15.2. The lowest BCUT2D eigenvalue weighted by Gasteiger charge is -2.22. The van der Waals surface area contributed by atoms with Crippen molar-refractivity contribution < 1.29 is 4.74 Å². The van der Waals surface area contributed by atoms with Gasteiger partial charge in [0.2, 0.25) is 0 Å². The molecule has 0 amide bonds. The third kappa shape index (κ3) is 3.78. The first-order chi connectivity index (χ1) is 10.2. The van der Waals surface area contributed by atoms with Crippen LogP contribution >= 0.6 is 11.6 Å². The van der Waals surface area contributed by atoms with E-state index in [9.17, 15) is 0 Å². The zero-order valence-electron chi connectivity index (χ0n) is 12.8. The SMILES string of the molecule is CCNC(c1cccc(CC)c1)c1ccc(Cl)cc1OC. The van der Waals surface area contributed by atoms with Gasteiger partial charge >= 0.3 is 0 Å². The molecule has 1 N–H and O–H groups in total. The molecule has 2 nitrogen and oxygen atoms in total. The summed E-state index contributed by atoms with van der Waals surface area (Å²) < 4.78 is 5.51. The van der Waals surface area contributed by atoms with E-state index in [1.54, 1.807) is 7.11 Å². The lowest BCUT2D eigenvalue weighted by Crippen LogP contribution is -2.22. The summed E-state index contributed by atoms with van der Waals surface area (Å²) in [6.45, 7) is 5.16. The van der Waals surface area contributed by atoms with E-state index < -0.39 is 0 Å². The third-order valence-corrected chi connectivity index (χ3v) is 3.84. The van der Waals surface area contributed by atoms with Crippen LogP contribution in [-0.4, -0.2) is 13.7 Å². The van der Waals surface area contributed by atoms with Crippen molar-refractivity contribution in [2.75, 3.05) is 13.7 Å². The predicted octanol–water partition coefficient (Wildman–Crippen LogP) is 4.61. The highest BCUT2D eigenvalue weighted by Gasteiger charge is 2.17. The molecule has 3 heteroatoms. The molecule has 21 heavy (non-hydrogen) atoms. The molecule has 2 aromatic carbocycles. The van der Waals surface area contributed by atoms with Crippen molar-refractivity contribution >= 4 is 11.6 Å². The van der Waals surface area contributed by atoms with E-state index in [0.717, 1.165) is 24.3 Å². The summed E-state index contributed by atoms with van der Waals surface area (Å²) >= 11 is 6.07. The highest BCUT2D eigenvalue weighted by atomic mass is 35.5. The molecular formula is C18H22ClNO.